The Labute approximate surface area is 227 Å². The summed E-state index contributed by atoms with van der Waals surface area (Å²) in [6.07, 6.45) is 0.774. The Balaban J connectivity index is 1.61. The van der Waals surface area contributed by atoms with Gasteiger partial charge in [0.25, 0.3) is 5.91 Å². The largest absolute Gasteiger partial charge is 0.379 e. The van der Waals surface area contributed by atoms with Gasteiger partial charge in [-0.15, -0.1) is 0 Å². The second kappa shape index (κ2) is 12.2. The maximum atomic E-state index is 13.7. The van der Waals surface area contributed by atoms with E-state index in [1.807, 2.05) is 19.1 Å². The molecule has 11 heteroatoms. The van der Waals surface area contributed by atoms with Gasteiger partial charge in [-0.25, -0.2) is 13.4 Å². The average Bonchev–Trinajstić information content (AvgIpc) is 3.31. The van der Waals surface area contributed by atoms with Crippen molar-refractivity contribution in [2.75, 3.05) is 57.4 Å². The molecule has 1 aliphatic rings. The molecule has 0 atom stereocenters. The van der Waals surface area contributed by atoms with E-state index in [-0.39, 0.29) is 10.8 Å². The Morgan fingerprint density at radius 1 is 1.14 bits per heavy atom. The number of carbonyl (C=O) groups excluding carboxylic acids is 1. The lowest BCUT2D eigenvalue weighted by Crippen LogP contribution is -2.39. The third-order valence-corrected chi connectivity index (χ3v) is 9.83. The van der Waals surface area contributed by atoms with Gasteiger partial charge >= 0.3 is 0 Å². The van der Waals surface area contributed by atoms with Crippen LogP contribution in [0.4, 0.5) is 5.13 Å². The van der Waals surface area contributed by atoms with Crippen molar-refractivity contribution in [1.29, 1.82) is 0 Å². The molecule has 8 nitrogen and oxygen atoms in total. The SMILES string of the molecule is CCN(CC)S(=O)(=O)c1ccc(C(=O)N(CCCN2CCOCC2)c2nc3c(C)cc(Cl)cc3s2)cc1. The molecule has 1 aliphatic heterocycles. The number of anilines is 1. The summed E-state index contributed by atoms with van der Waals surface area (Å²) in [6.45, 7) is 10.9. The average molecular weight is 565 g/mol. The molecule has 0 aliphatic carbocycles. The lowest BCUT2D eigenvalue weighted by atomic mass is 10.2. The number of fused-ring (bicyclic) bond motifs is 1. The number of amides is 1. The fraction of sp³-hybridized carbons (Fsp3) is 0.462. The summed E-state index contributed by atoms with van der Waals surface area (Å²) in [4.78, 5) is 22.7. The Morgan fingerprint density at radius 3 is 2.46 bits per heavy atom. The van der Waals surface area contributed by atoms with Crippen LogP contribution >= 0.6 is 22.9 Å². The minimum atomic E-state index is -3.60. The van der Waals surface area contributed by atoms with Gasteiger partial charge in [0.15, 0.2) is 5.13 Å². The molecular formula is C26H33ClN4O4S2. The molecule has 37 heavy (non-hydrogen) atoms. The molecule has 0 bridgehead atoms. The van der Waals surface area contributed by atoms with Crippen molar-refractivity contribution in [3.63, 3.8) is 0 Å². The van der Waals surface area contributed by atoms with Gasteiger partial charge in [-0.3, -0.25) is 14.6 Å². The van der Waals surface area contributed by atoms with Gasteiger partial charge in [-0.1, -0.05) is 36.8 Å². The van der Waals surface area contributed by atoms with E-state index >= 15 is 0 Å². The number of hydrogen-bond acceptors (Lipinski definition) is 7. The van der Waals surface area contributed by atoms with Crippen LogP contribution in [0.1, 0.15) is 36.2 Å². The fourth-order valence-electron chi connectivity index (χ4n) is 4.46. The molecule has 1 fully saturated rings. The zero-order chi connectivity index (χ0) is 26.6. The Bertz CT molecular complexity index is 1330. The van der Waals surface area contributed by atoms with Crippen LogP contribution in [0.25, 0.3) is 10.2 Å². The zero-order valence-electron chi connectivity index (χ0n) is 21.4. The summed E-state index contributed by atoms with van der Waals surface area (Å²) in [5, 5.41) is 1.24. The van der Waals surface area contributed by atoms with Gasteiger partial charge < -0.3 is 4.74 Å². The van der Waals surface area contributed by atoms with E-state index in [1.165, 1.54) is 27.8 Å². The van der Waals surface area contributed by atoms with Crippen LogP contribution < -0.4 is 4.90 Å². The van der Waals surface area contributed by atoms with Gasteiger partial charge in [0.1, 0.15) is 0 Å². The van der Waals surface area contributed by atoms with E-state index in [0.717, 1.165) is 55.0 Å². The van der Waals surface area contributed by atoms with Crippen molar-refractivity contribution in [1.82, 2.24) is 14.2 Å². The number of benzene rings is 2. The van der Waals surface area contributed by atoms with Crippen molar-refractivity contribution < 1.29 is 17.9 Å². The first-order chi connectivity index (χ1) is 17.7. The number of rotatable bonds is 10. The number of ether oxygens (including phenoxy) is 1. The molecule has 3 aromatic rings. The highest BCUT2D eigenvalue weighted by atomic mass is 35.5. The van der Waals surface area contributed by atoms with E-state index in [0.29, 0.717) is 35.4 Å². The molecule has 2 heterocycles. The van der Waals surface area contributed by atoms with Gasteiger partial charge in [0.05, 0.1) is 28.3 Å². The third-order valence-electron chi connectivity index (χ3n) is 6.52. The summed E-state index contributed by atoms with van der Waals surface area (Å²) in [5.74, 6) is -0.212. The lowest BCUT2D eigenvalue weighted by molar-refractivity contribution is 0.0376. The molecule has 0 radical (unpaired) electrons. The summed E-state index contributed by atoms with van der Waals surface area (Å²) >= 11 is 7.70. The summed E-state index contributed by atoms with van der Waals surface area (Å²) in [7, 11) is -3.60. The normalized spacial score (nSPS) is 14.9. The second-order valence-corrected chi connectivity index (χ2v) is 12.3. The molecule has 0 unspecified atom stereocenters. The highest BCUT2D eigenvalue weighted by Gasteiger charge is 2.25. The van der Waals surface area contributed by atoms with E-state index < -0.39 is 10.0 Å². The minimum absolute atomic E-state index is 0.178. The van der Waals surface area contributed by atoms with E-state index in [4.69, 9.17) is 21.3 Å². The molecule has 1 aromatic heterocycles. The number of hydrogen-bond donors (Lipinski definition) is 0. The first-order valence-corrected chi connectivity index (χ1v) is 15.2. The molecule has 200 valence electrons. The van der Waals surface area contributed by atoms with E-state index in [1.54, 1.807) is 30.9 Å². The summed E-state index contributed by atoms with van der Waals surface area (Å²) in [5.41, 5.74) is 2.20. The van der Waals surface area contributed by atoms with E-state index in [2.05, 4.69) is 4.90 Å². The third kappa shape index (κ3) is 6.32. The van der Waals surface area contributed by atoms with Crippen molar-refractivity contribution in [3.8, 4) is 0 Å². The van der Waals surface area contributed by atoms with Crippen LogP contribution in [0.5, 0.6) is 0 Å². The first kappa shape index (κ1) is 27.9. The number of halogens is 1. The van der Waals surface area contributed by atoms with Crippen molar-refractivity contribution >= 4 is 54.2 Å². The van der Waals surface area contributed by atoms with Gasteiger partial charge in [0.2, 0.25) is 10.0 Å². The molecular weight excluding hydrogens is 532 g/mol. The monoisotopic (exact) mass is 564 g/mol. The Morgan fingerprint density at radius 2 is 1.81 bits per heavy atom. The number of aryl methyl sites for hydroxylation is 1. The van der Waals surface area contributed by atoms with Crippen LogP contribution in [0.2, 0.25) is 5.02 Å². The molecule has 1 saturated heterocycles. The van der Waals surface area contributed by atoms with E-state index in [9.17, 15) is 13.2 Å². The van der Waals surface area contributed by atoms with Gasteiger partial charge in [-0.2, -0.15) is 4.31 Å². The summed E-state index contributed by atoms with van der Waals surface area (Å²) < 4.78 is 33.5. The van der Waals surface area contributed by atoms with Crippen molar-refractivity contribution in [3.05, 3.63) is 52.5 Å². The fourth-order valence-corrected chi connectivity index (χ4v) is 7.36. The first-order valence-electron chi connectivity index (χ1n) is 12.5. The number of carbonyl (C=O) groups is 1. The molecule has 0 N–H and O–H groups in total. The lowest BCUT2D eigenvalue weighted by Gasteiger charge is -2.27. The van der Waals surface area contributed by atoms with Gasteiger partial charge in [-0.05, 0) is 55.3 Å². The molecule has 0 spiro atoms. The van der Waals surface area contributed by atoms with Crippen molar-refractivity contribution in [2.45, 2.75) is 32.1 Å². The highest BCUT2D eigenvalue weighted by Crippen LogP contribution is 2.34. The Hall–Kier alpha value is -2.08. The van der Waals surface area contributed by atoms with Crippen LogP contribution in [0.3, 0.4) is 0 Å². The molecule has 4 rings (SSSR count). The quantitative estimate of drug-likeness (QED) is 0.356. The topological polar surface area (TPSA) is 83.1 Å². The molecule has 2 aromatic carbocycles. The van der Waals surface area contributed by atoms with Crippen LogP contribution in [0.15, 0.2) is 41.3 Å². The van der Waals surface area contributed by atoms with Crippen LogP contribution in [0, 0.1) is 6.92 Å². The number of thiazole rings is 1. The maximum Gasteiger partial charge on any atom is 0.260 e. The zero-order valence-corrected chi connectivity index (χ0v) is 23.8. The highest BCUT2D eigenvalue weighted by molar-refractivity contribution is 7.89. The minimum Gasteiger partial charge on any atom is -0.379 e. The van der Waals surface area contributed by atoms with Crippen molar-refractivity contribution in [2.24, 2.45) is 0 Å². The Kier molecular flexibility index (Phi) is 9.20. The molecule has 0 saturated carbocycles. The number of morpholine rings is 1. The second-order valence-electron chi connectivity index (χ2n) is 8.94. The smallest absolute Gasteiger partial charge is 0.260 e. The predicted molar refractivity (Wildman–Crippen MR) is 149 cm³/mol. The molecule has 1 amide bonds. The van der Waals surface area contributed by atoms with Crippen LogP contribution in [-0.2, 0) is 14.8 Å². The number of aromatic nitrogens is 1. The standard InChI is InChI=1S/C26H33ClN4O4S2/c1-4-30(5-2)37(33,34)22-9-7-20(8-10-22)25(32)31(12-6-11-29-13-15-35-16-14-29)26-28-24-19(3)17-21(27)18-23(24)36-26/h7-10,17-18H,4-6,11-16H2,1-3H3. The van der Waals surface area contributed by atoms with Gasteiger partial charge in [0, 0.05) is 49.9 Å². The number of sulfonamides is 1. The van der Waals surface area contributed by atoms with Crippen LogP contribution in [-0.4, -0.2) is 81.0 Å². The predicted octanol–water partition coefficient (Wildman–Crippen LogP) is 4.66. The summed E-state index contributed by atoms with van der Waals surface area (Å²) in [6, 6.07) is 9.93. The maximum absolute atomic E-state index is 13.7. The number of nitrogens with zero attached hydrogens (tertiary/aromatic N) is 4.